The Morgan fingerprint density at radius 1 is 0.806 bits per heavy atom. The number of hydrogen-bond acceptors (Lipinski definition) is 6. The molecule has 3 aromatic heterocycles. The fourth-order valence-electron chi connectivity index (χ4n) is 4.92. The van der Waals surface area contributed by atoms with Crippen LogP contribution in [0.3, 0.4) is 0 Å². The minimum atomic E-state index is 0.239. The molecular weight excluding hydrogens is 462 g/mol. The zero-order valence-electron chi connectivity index (χ0n) is 21.1. The van der Waals surface area contributed by atoms with E-state index in [0.717, 1.165) is 44.2 Å². The van der Waals surface area contributed by atoms with Crippen molar-refractivity contribution in [2.24, 2.45) is 5.41 Å². The Bertz CT molecular complexity index is 1760. The molecule has 5 nitrogen and oxygen atoms in total. The van der Waals surface area contributed by atoms with Gasteiger partial charge in [-0.15, -0.1) is 11.3 Å². The molecule has 36 heavy (non-hydrogen) atoms. The van der Waals surface area contributed by atoms with Crippen LogP contribution in [0.4, 0.5) is 0 Å². The van der Waals surface area contributed by atoms with E-state index in [1.165, 1.54) is 15.6 Å². The number of rotatable bonds is 3. The predicted octanol–water partition coefficient (Wildman–Crippen LogP) is 7.72. The first-order chi connectivity index (χ1) is 17.2. The van der Waals surface area contributed by atoms with Crippen LogP contribution in [0.15, 0.2) is 60.9 Å². The summed E-state index contributed by atoms with van der Waals surface area (Å²) >= 11 is 1.77. The Balaban J connectivity index is 1.58. The van der Waals surface area contributed by atoms with E-state index in [4.69, 9.17) is 9.97 Å². The zero-order valence-corrected chi connectivity index (χ0v) is 21.9. The van der Waals surface area contributed by atoms with E-state index in [9.17, 15) is 0 Å². The summed E-state index contributed by atoms with van der Waals surface area (Å²) in [5.41, 5.74) is 5.55. The lowest BCUT2D eigenvalue weighted by atomic mass is 9.88. The molecule has 0 saturated carbocycles. The smallest absolute Gasteiger partial charge is 0.163 e. The van der Waals surface area contributed by atoms with Crippen LogP contribution in [-0.4, -0.2) is 24.9 Å². The summed E-state index contributed by atoms with van der Waals surface area (Å²) < 4.78 is 2.35. The molecule has 0 N–H and O–H groups in total. The summed E-state index contributed by atoms with van der Waals surface area (Å²) in [7, 11) is 0. The molecule has 3 heterocycles. The Labute approximate surface area is 214 Å². The molecule has 6 aromatic rings. The standard InChI is InChI=1S/C30H27N5S/c1-17-33-18(2)35-29(34-17)24-14-21(13-20-8-6-7-9-22(20)24)26-28-27(32-16-31-26)23-11-10-19(12-25(23)36-28)15-30(3,4)5/h6-14,16H,15H2,1-5H3. The van der Waals surface area contributed by atoms with Gasteiger partial charge < -0.3 is 0 Å². The fraction of sp³-hybridized carbons (Fsp3) is 0.233. The third kappa shape index (κ3) is 4.11. The second-order valence-corrected chi connectivity index (χ2v) is 11.6. The molecule has 0 fully saturated rings. The molecule has 178 valence electrons. The van der Waals surface area contributed by atoms with Crippen molar-refractivity contribution in [1.82, 2.24) is 24.9 Å². The van der Waals surface area contributed by atoms with Crippen LogP contribution in [-0.2, 0) is 6.42 Å². The topological polar surface area (TPSA) is 64.5 Å². The van der Waals surface area contributed by atoms with Crippen molar-refractivity contribution in [3.05, 3.63) is 78.1 Å². The lowest BCUT2D eigenvalue weighted by Gasteiger charge is -2.17. The van der Waals surface area contributed by atoms with Crippen molar-refractivity contribution < 1.29 is 0 Å². The van der Waals surface area contributed by atoms with E-state index in [-0.39, 0.29) is 5.41 Å². The number of hydrogen-bond donors (Lipinski definition) is 0. The van der Waals surface area contributed by atoms with E-state index in [1.54, 1.807) is 17.7 Å². The van der Waals surface area contributed by atoms with E-state index >= 15 is 0 Å². The van der Waals surface area contributed by atoms with Gasteiger partial charge in [0.2, 0.25) is 0 Å². The highest BCUT2D eigenvalue weighted by molar-refractivity contribution is 7.26. The zero-order chi connectivity index (χ0) is 25.0. The molecule has 0 bridgehead atoms. The molecule has 3 aromatic carbocycles. The van der Waals surface area contributed by atoms with Crippen molar-refractivity contribution in [1.29, 1.82) is 0 Å². The van der Waals surface area contributed by atoms with Crippen LogP contribution in [0.5, 0.6) is 0 Å². The first-order valence-electron chi connectivity index (χ1n) is 12.1. The van der Waals surface area contributed by atoms with Crippen molar-refractivity contribution >= 4 is 42.4 Å². The Morgan fingerprint density at radius 3 is 2.36 bits per heavy atom. The van der Waals surface area contributed by atoms with Gasteiger partial charge in [-0.05, 0) is 60.2 Å². The number of aromatic nitrogens is 5. The van der Waals surface area contributed by atoms with Crippen molar-refractivity contribution in [3.8, 4) is 22.6 Å². The van der Waals surface area contributed by atoms with Crippen molar-refractivity contribution in [2.45, 2.75) is 41.0 Å². The third-order valence-electron chi connectivity index (χ3n) is 6.29. The quantitative estimate of drug-likeness (QED) is 0.255. The summed E-state index contributed by atoms with van der Waals surface area (Å²) in [4.78, 5) is 23.2. The highest BCUT2D eigenvalue weighted by Gasteiger charge is 2.18. The maximum absolute atomic E-state index is 4.78. The Morgan fingerprint density at radius 2 is 1.58 bits per heavy atom. The Kier molecular flexibility index (Phi) is 5.30. The van der Waals surface area contributed by atoms with Gasteiger partial charge in [-0.3, -0.25) is 0 Å². The van der Waals surface area contributed by atoms with Gasteiger partial charge in [0.05, 0.1) is 15.9 Å². The highest BCUT2D eigenvalue weighted by atomic mass is 32.1. The van der Waals surface area contributed by atoms with Gasteiger partial charge in [0.15, 0.2) is 5.82 Å². The molecule has 0 aliphatic carbocycles. The van der Waals surface area contributed by atoms with Gasteiger partial charge in [0, 0.05) is 21.2 Å². The molecule has 0 radical (unpaired) electrons. The second-order valence-electron chi connectivity index (χ2n) is 10.6. The molecule has 0 aliphatic heterocycles. The van der Waals surface area contributed by atoms with E-state index in [1.807, 2.05) is 13.8 Å². The average molecular weight is 490 g/mol. The van der Waals surface area contributed by atoms with Crippen LogP contribution < -0.4 is 0 Å². The minimum Gasteiger partial charge on any atom is -0.235 e. The van der Waals surface area contributed by atoms with Crippen LogP contribution >= 0.6 is 11.3 Å². The van der Waals surface area contributed by atoms with E-state index in [0.29, 0.717) is 17.5 Å². The van der Waals surface area contributed by atoms with E-state index < -0.39 is 0 Å². The summed E-state index contributed by atoms with van der Waals surface area (Å²) in [5, 5.41) is 3.42. The van der Waals surface area contributed by atoms with Gasteiger partial charge in [-0.2, -0.15) is 0 Å². The number of benzene rings is 3. The van der Waals surface area contributed by atoms with E-state index in [2.05, 4.69) is 90.3 Å². The Hall–Kier alpha value is -3.77. The maximum Gasteiger partial charge on any atom is 0.163 e. The van der Waals surface area contributed by atoms with Gasteiger partial charge in [0.25, 0.3) is 0 Å². The SMILES string of the molecule is Cc1nc(C)nc(-c2cc(-c3ncnc4c3sc3cc(CC(C)(C)C)ccc34)cc3ccccc23)n1. The molecule has 6 rings (SSSR count). The number of nitrogens with zero attached hydrogens (tertiary/aromatic N) is 5. The summed E-state index contributed by atoms with van der Waals surface area (Å²) in [6.45, 7) is 10.6. The second kappa shape index (κ2) is 8.42. The van der Waals surface area contributed by atoms with Gasteiger partial charge in [0.1, 0.15) is 18.0 Å². The van der Waals surface area contributed by atoms with Gasteiger partial charge in [-0.1, -0.05) is 57.2 Å². The van der Waals surface area contributed by atoms with Crippen LogP contribution in [0.1, 0.15) is 38.0 Å². The fourth-order valence-corrected chi connectivity index (χ4v) is 6.15. The first kappa shape index (κ1) is 22.7. The normalized spacial score (nSPS) is 12.1. The monoisotopic (exact) mass is 489 g/mol. The summed E-state index contributed by atoms with van der Waals surface area (Å²) in [6, 6.07) is 19.5. The highest BCUT2D eigenvalue weighted by Crippen LogP contribution is 2.40. The molecule has 6 heteroatoms. The molecule has 0 spiro atoms. The van der Waals surface area contributed by atoms with Gasteiger partial charge in [-0.25, -0.2) is 24.9 Å². The molecular formula is C30H27N5S. The third-order valence-corrected chi connectivity index (χ3v) is 7.44. The lowest BCUT2D eigenvalue weighted by molar-refractivity contribution is 0.411. The summed E-state index contributed by atoms with van der Waals surface area (Å²) in [5.74, 6) is 2.12. The van der Waals surface area contributed by atoms with Crippen LogP contribution in [0.25, 0.3) is 53.7 Å². The maximum atomic E-state index is 4.78. The molecule has 0 unspecified atom stereocenters. The van der Waals surface area contributed by atoms with Crippen LogP contribution in [0, 0.1) is 19.3 Å². The average Bonchev–Trinajstić information content (AvgIpc) is 3.19. The first-order valence-corrected chi connectivity index (χ1v) is 13.0. The molecule has 0 saturated heterocycles. The van der Waals surface area contributed by atoms with Crippen molar-refractivity contribution in [2.75, 3.05) is 0 Å². The largest absolute Gasteiger partial charge is 0.235 e. The summed E-state index contributed by atoms with van der Waals surface area (Å²) in [6.07, 6.45) is 2.72. The molecule has 0 atom stereocenters. The molecule has 0 aliphatic rings. The number of thiophene rings is 1. The lowest BCUT2D eigenvalue weighted by Crippen LogP contribution is -2.08. The van der Waals surface area contributed by atoms with Crippen LogP contribution in [0.2, 0.25) is 0 Å². The van der Waals surface area contributed by atoms with Gasteiger partial charge >= 0.3 is 0 Å². The predicted molar refractivity (Wildman–Crippen MR) is 149 cm³/mol. The minimum absolute atomic E-state index is 0.239. The number of fused-ring (bicyclic) bond motifs is 4. The number of aryl methyl sites for hydroxylation is 2. The molecule has 0 amide bonds. The van der Waals surface area contributed by atoms with Crippen molar-refractivity contribution in [3.63, 3.8) is 0 Å².